The standard InChI is InChI=1S/C23H20N2O4S2/c1-2-18-15-25(14-17-10-7-9-16-8-3-4-11-19(16)17)23(30-18)24-31(28,29)21-13-6-5-12-20(21)22(26)27/h3-13,15H,2,14H2,1H3,(H,26,27)/b24-23-. The van der Waals surface area contributed by atoms with Crippen LogP contribution in [0.4, 0.5) is 0 Å². The molecule has 158 valence electrons. The normalized spacial score (nSPS) is 12.4. The third-order valence-corrected chi connectivity index (χ3v) is 7.54. The molecule has 0 aliphatic carbocycles. The first-order chi connectivity index (χ1) is 14.9. The molecule has 0 unspecified atom stereocenters. The molecule has 4 rings (SSSR count). The Morgan fingerprint density at radius 1 is 1.03 bits per heavy atom. The zero-order valence-corrected chi connectivity index (χ0v) is 18.4. The largest absolute Gasteiger partial charge is 0.478 e. The molecule has 1 heterocycles. The molecular formula is C23H20N2O4S2. The number of benzene rings is 3. The molecule has 0 fully saturated rings. The van der Waals surface area contributed by atoms with Crippen LogP contribution in [-0.2, 0) is 23.0 Å². The summed E-state index contributed by atoms with van der Waals surface area (Å²) in [6, 6.07) is 19.6. The van der Waals surface area contributed by atoms with Crippen molar-refractivity contribution < 1.29 is 18.3 Å². The lowest BCUT2D eigenvalue weighted by Crippen LogP contribution is -2.18. The van der Waals surface area contributed by atoms with Crippen molar-refractivity contribution in [3.63, 3.8) is 0 Å². The van der Waals surface area contributed by atoms with Crippen LogP contribution in [0.2, 0.25) is 0 Å². The summed E-state index contributed by atoms with van der Waals surface area (Å²) in [6.45, 7) is 2.44. The number of carbonyl (C=O) groups is 1. The van der Waals surface area contributed by atoms with Gasteiger partial charge in [0.1, 0.15) is 4.90 Å². The monoisotopic (exact) mass is 452 g/mol. The number of thiazole rings is 1. The number of fused-ring (bicyclic) bond motifs is 1. The van der Waals surface area contributed by atoms with Crippen molar-refractivity contribution >= 4 is 38.1 Å². The van der Waals surface area contributed by atoms with Gasteiger partial charge in [0.05, 0.1) is 12.1 Å². The molecule has 0 saturated carbocycles. The van der Waals surface area contributed by atoms with Gasteiger partial charge in [-0.25, -0.2) is 4.79 Å². The topological polar surface area (TPSA) is 88.7 Å². The van der Waals surface area contributed by atoms with Gasteiger partial charge in [0.2, 0.25) is 4.80 Å². The highest BCUT2D eigenvalue weighted by Crippen LogP contribution is 2.21. The minimum Gasteiger partial charge on any atom is -0.478 e. The second kappa shape index (κ2) is 8.49. The van der Waals surface area contributed by atoms with Crippen molar-refractivity contribution in [3.8, 4) is 0 Å². The van der Waals surface area contributed by atoms with Gasteiger partial charge in [-0.3, -0.25) is 0 Å². The Hall–Kier alpha value is -3.23. The van der Waals surface area contributed by atoms with Gasteiger partial charge in [0.25, 0.3) is 10.0 Å². The maximum Gasteiger partial charge on any atom is 0.337 e. The zero-order chi connectivity index (χ0) is 22.0. The lowest BCUT2D eigenvalue weighted by atomic mass is 10.0. The fourth-order valence-corrected chi connectivity index (χ4v) is 5.74. The molecule has 4 aromatic rings. The summed E-state index contributed by atoms with van der Waals surface area (Å²) in [4.78, 5) is 12.5. The van der Waals surface area contributed by atoms with E-state index in [4.69, 9.17) is 0 Å². The van der Waals surface area contributed by atoms with Crippen molar-refractivity contribution in [1.29, 1.82) is 0 Å². The average Bonchev–Trinajstić information content (AvgIpc) is 3.14. The van der Waals surface area contributed by atoms with Crippen molar-refractivity contribution in [2.24, 2.45) is 4.40 Å². The van der Waals surface area contributed by atoms with E-state index in [1.54, 1.807) is 0 Å². The Labute approximate surface area is 183 Å². The molecule has 0 radical (unpaired) electrons. The number of sulfonamides is 1. The summed E-state index contributed by atoms with van der Waals surface area (Å²) in [7, 11) is -4.21. The molecule has 1 N–H and O–H groups in total. The number of rotatable bonds is 6. The molecule has 31 heavy (non-hydrogen) atoms. The summed E-state index contributed by atoms with van der Waals surface area (Å²) in [5.74, 6) is -1.31. The van der Waals surface area contributed by atoms with Crippen molar-refractivity contribution in [2.75, 3.05) is 0 Å². The predicted octanol–water partition coefficient (Wildman–Crippen LogP) is 4.30. The number of aromatic nitrogens is 1. The molecule has 3 aromatic carbocycles. The highest BCUT2D eigenvalue weighted by Gasteiger charge is 2.21. The SMILES string of the molecule is CCc1cn(Cc2cccc3ccccc23)/c(=N/S(=O)(=O)c2ccccc2C(=O)O)s1. The fraction of sp³-hybridized carbons (Fsp3) is 0.130. The first kappa shape index (κ1) is 21.0. The number of nitrogens with zero attached hydrogens (tertiary/aromatic N) is 2. The maximum atomic E-state index is 13.0. The van der Waals surface area contributed by atoms with Crippen LogP contribution in [0.1, 0.15) is 27.7 Å². The van der Waals surface area contributed by atoms with Gasteiger partial charge >= 0.3 is 5.97 Å². The van der Waals surface area contributed by atoms with E-state index in [1.807, 2.05) is 60.2 Å². The van der Waals surface area contributed by atoms with Crippen LogP contribution >= 0.6 is 11.3 Å². The summed E-state index contributed by atoms with van der Waals surface area (Å²) in [5.41, 5.74) is 0.752. The molecule has 0 aliphatic rings. The van der Waals surface area contributed by atoms with E-state index >= 15 is 0 Å². The van der Waals surface area contributed by atoms with E-state index in [0.29, 0.717) is 11.3 Å². The second-order valence-corrected chi connectivity index (χ2v) is 9.63. The van der Waals surface area contributed by atoms with Gasteiger partial charge < -0.3 is 9.67 Å². The number of hydrogen-bond acceptors (Lipinski definition) is 4. The van der Waals surface area contributed by atoms with Crippen LogP contribution < -0.4 is 4.80 Å². The van der Waals surface area contributed by atoms with Crippen molar-refractivity contribution in [1.82, 2.24) is 4.57 Å². The van der Waals surface area contributed by atoms with Gasteiger partial charge in [-0.2, -0.15) is 8.42 Å². The summed E-state index contributed by atoms with van der Waals surface area (Å²) in [5, 5.41) is 11.6. The predicted molar refractivity (Wildman–Crippen MR) is 121 cm³/mol. The molecule has 0 saturated heterocycles. The number of carboxylic acid groups (broad SMARTS) is 1. The van der Waals surface area contributed by atoms with E-state index < -0.39 is 16.0 Å². The Kier molecular flexibility index (Phi) is 5.75. The number of carboxylic acids is 1. The van der Waals surface area contributed by atoms with E-state index in [1.165, 1.54) is 35.6 Å². The third kappa shape index (κ3) is 4.30. The maximum absolute atomic E-state index is 13.0. The molecule has 0 atom stereocenters. The lowest BCUT2D eigenvalue weighted by molar-refractivity contribution is 0.0692. The van der Waals surface area contributed by atoms with Crippen molar-refractivity contribution in [2.45, 2.75) is 24.8 Å². The van der Waals surface area contributed by atoms with Crippen LogP contribution in [-0.4, -0.2) is 24.1 Å². The minimum atomic E-state index is -4.21. The Morgan fingerprint density at radius 3 is 2.52 bits per heavy atom. The third-order valence-electron chi connectivity index (χ3n) is 4.93. The van der Waals surface area contributed by atoms with E-state index in [-0.39, 0.29) is 10.5 Å². The smallest absolute Gasteiger partial charge is 0.337 e. The molecule has 0 amide bonds. The summed E-state index contributed by atoms with van der Waals surface area (Å²) in [6.07, 6.45) is 2.64. The van der Waals surface area contributed by atoms with Gasteiger partial charge in [-0.15, -0.1) is 15.7 Å². The van der Waals surface area contributed by atoms with Gasteiger partial charge in [-0.1, -0.05) is 61.5 Å². The van der Waals surface area contributed by atoms with Gasteiger partial charge in [0, 0.05) is 11.1 Å². The van der Waals surface area contributed by atoms with Crippen molar-refractivity contribution in [3.05, 3.63) is 93.7 Å². The fourth-order valence-electron chi connectivity index (χ4n) is 3.41. The molecule has 1 aromatic heterocycles. The quantitative estimate of drug-likeness (QED) is 0.472. The molecule has 0 aliphatic heterocycles. The Bertz CT molecular complexity index is 1440. The summed E-state index contributed by atoms with van der Waals surface area (Å²) < 4.78 is 31.9. The first-order valence-electron chi connectivity index (χ1n) is 9.68. The lowest BCUT2D eigenvalue weighted by Gasteiger charge is -2.08. The van der Waals surface area contributed by atoms with Crippen LogP contribution in [0.25, 0.3) is 10.8 Å². The molecule has 0 spiro atoms. The van der Waals surface area contributed by atoms with Crippen LogP contribution in [0.15, 0.2) is 82.2 Å². The number of hydrogen-bond donors (Lipinski definition) is 1. The highest BCUT2D eigenvalue weighted by molar-refractivity contribution is 7.90. The minimum absolute atomic E-state index is 0.292. The molecule has 0 bridgehead atoms. The highest BCUT2D eigenvalue weighted by atomic mass is 32.2. The van der Waals surface area contributed by atoms with E-state index in [0.717, 1.165) is 27.6 Å². The Balaban J connectivity index is 1.84. The average molecular weight is 453 g/mol. The van der Waals surface area contributed by atoms with Gasteiger partial charge in [-0.05, 0) is 34.9 Å². The second-order valence-electron chi connectivity index (χ2n) is 6.97. The Morgan fingerprint density at radius 2 is 1.74 bits per heavy atom. The van der Waals surface area contributed by atoms with E-state index in [2.05, 4.69) is 4.40 Å². The number of aromatic carboxylic acids is 1. The molecule has 8 heteroatoms. The molecular weight excluding hydrogens is 432 g/mol. The van der Waals surface area contributed by atoms with Crippen LogP contribution in [0, 0.1) is 0 Å². The number of aryl methyl sites for hydroxylation is 1. The molecule has 6 nitrogen and oxygen atoms in total. The van der Waals surface area contributed by atoms with Crippen LogP contribution in [0.5, 0.6) is 0 Å². The summed E-state index contributed by atoms with van der Waals surface area (Å²) >= 11 is 1.29. The first-order valence-corrected chi connectivity index (χ1v) is 11.9. The van der Waals surface area contributed by atoms with E-state index in [9.17, 15) is 18.3 Å². The van der Waals surface area contributed by atoms with Crippen LogP contribution in [0.3, 0.4) is 0 Å². The zero-order valence-electron chi connectivity index (χ0n) is 16.7. The van der Waals surface area contributed by atoms with Gasteiger partial charge in [0.15, 0.2) is 0 Å².